The van der Waals surface area contributed by atoms with Gasteiger partial charge in [0.25, 0.3) is 0 Å². The van der Waals surface area contributed by atoms with E-state index < -0.39 is 21.3 Å². The first-order valence-electron chi connectivity index (χ1n) is 7.18. The van der Waals surface area contributed by atoms with Gasteiger partial charge in [-0.05, 0) is 39.7 Å². The maximum atomic E-state index is 11.6. The lowest BCUT2D eigenvalue weighted by Crippen LogP contribution is -2.60. The minimum absolute atomic E-state index is 0.0276. The van der Waals surface area contributed by atoms with E-state index >= 15 is 0 Å². The van der Waals surface area contributed by atoms with E-state index in [2.05, 4.69) is 10.2 Å². The zero-order valence-corrected chi connectivity index (χ0v) is 12.9. The summed E-state index contributed by atoms with van der Waals surface area (Å²) in [5, 5.41) is 12.4. The van der Waals surface area contributed by atoms with Crippen LogP contribution in [0.15, 0.2) is 0 Å². The van der Waals surface area contributed by atoms with Crippen molar-refractivity contribution < 1.29 is 18.3 Å². The van der Waals surface area contributed by atoms with Gasteiger partial charge in [0.15, 0.2) is 9.84 Å². The molecule has 6 nitrogen and oxygen atoms in total. The molecular weight excluding hydrogens is 280 g/mol. The summed E-state index contributed by atoms with van der Waals surface area (Å²) >= 11 is 0. The number of carbonyl (C=O) groups is 1. The van der Waals surface area contributed by atoms with E-state index in [1.807, 2.05) is 6.92 Å². The van der Waals surface area contributed by atoms with Crippen LogP contribution in [0.3, 0.4) is 0 Å². The van der Waals surface area contributed by atoms with Crippen LogP contribution < -0.4 is 5.32 Å². The van der Waals surface area contributed by atoms with Crippen LogP contribution in [0.2, 0.25) is 0 Å². The van der Waals surface area contributed by atoms with Crippen LogP contribution in [0, 0.1) is 0 Å². The Labute approximate surface area is 120 Å². The van der Waals surface area contributed by atoms with Crippen LogP contribution in [0.25, 0.3) is 0 Å². The first kappa shape index (κ1) is 15.7. The molecule has 2 N–H and O–H groups in total. The fraction of sp³-hybridized carbons (Fsp3) is 0.923. The number of likely N-dealkylation sites (N-methyl/N-ethyl adjacent to an activating group) is 1. The molecule has 2 fully saturated rings. The molecule has 116 valence electrons. The average Bonchev–Trinajstić information content (AvgIpc) is 2.37. The van der Waals surface area contributed by atoms with Crippen LogP contribution in [0.5, 0.6) is 0 Å². The third-order valence-electron chi connectivity index (χ3n) is 4.80. The fourth-order valence-electron chi connectivity index (χ4n) is 3.61. The third-order valence-corrected chi connectivity index (χ3v) is 6.60. The summed E-state index contributed by atoms with van der Waals surface area (Å²) in [4.78, 5) is 13.7. The maximum Gasteiger partial charge on any atom is 0.323 e. The molecular formula is C13H24N2O4S. The SMILES string of the molecule is CNC1(C(=O)O)CCCC(N2CCS(=O)(=O)CC2C)C1. The van der Waals surface area contributed by atoms with E-state index in [4.69, 9.17) is 0 Å². The van der Waals surface area contributed by atoms with Crippen molar-refractivity contribution in [2.75, 3.05) is 25.1 Å². The van der Waals surface area contributed by atoms with Crippen molar-refractivity contribution in [3.63, 3.8) is 0 Å². The molecule has 0 aromatic rings. The number of rotatable bonds is 3. The average molecular weight is 304 g/mol. The Morgan fingerprint density at radius 1 is 1.45 bits per heavy atom. The summed E-state index contributed by atoms with van der Waals surface area (Å²) in [7, 11) is -1.23. The Morgan fingerprint density at radius 2 is 2.15 bits per heavy atom. The highest BCUT2D eigenvalue weighted by Crippen LogP contribution is 2.33. The predicted molar refractivity (Wildman–Crippen MR) is 76.5 cm³/mol. The second-order valence-corrected chi connectivity index (χ2v) is 8.32. The number of hydrogen-bond acceptors (Lipinski definition) is 5. The number of aliphatic carboxylic acids is 1. The highest BCUT2D eigenvalue weighted by molar-refractivity contribution is 7.91. The molecule has 2 rings (SSSR count). The molecule has 0 bridgehead atoms. The molecule has 20 heavy (non-hydrogen) atoms. The van der Waals surface area contributed by atoms with Crippen LogP contribution >= 0.6 is 0 Å². The maximum absolute atomic E-state index is 11.6. The summed E-state index contributed by atoms with van der Waals surface area (Å²) in [6, 6.07) is 0.123. The second-order valence-electron chi connectivity index (χ2n) is 6.09. The molecule has 7 heteroatoms. The van der Waals surface area contributed by atoms with E-state index in [0.717, 1.165) is 12.8 Å². The molecule has 0 radical (unpaired) electrons. The number of hydrogen-bond donors (Lipinski definition) is 2. The Morgan fingerprint density at radius 3 is 2.70 bits per heavy atom. The van der Waals surface area contributed by atoms with Crippen LogP contribution in [0.1, 0.15) is 32.6 Å². The Balaban J connectivity index is 2.11. The molecule has 2 aliphatic rings. The standard InChI is InChI=1S/C13H24N2O4S/c1-10-9-20(18,19)7-6-15(10)11-4-3-5-13(8-11,14-2)12(16)17/h10-11,14H,3-9H2,1-2H3,(H,16,17). The smallest absolute Gasteiger partial charge is 0.323 e. The van der Waals surface area contributed by atoms with E-state index in [-0.39, 0.29) is 23.6 Å². The Kier molecular flexibility index (Phi) is 4.41. The van der Waals surface area contributed by atoms with E-state index in [0.29, 0.717) is 19.4 Å². The van der Waals surface area contributed by atoms with Gasteiger partial charge in [-0.15, -0.1) is 0 Å². The zero-order chi connectivity index (χ0) is 15.0. The molecule has 0 amide bonds. The van der Waals surface area contributed by atoms with Crippen molar-refractivity contribution in [1.82, 2.24) is 10.2 Å². The minimum atomic E-state index is -2.93. The van der Waals surface area contributed by atoms with Crippen molar-refractivity contribution in [3.8, 4) is 0 Å². The number of nitrogens with one attached hydrogen (secondary N) is 1. The van der Waals surface area contributed by atoms with Gasteiger partial charge in [-0.25, -0.2) is 8.42 Å². The first-order chi connectivity index (χ1) is 9.30. The number of sulfone groups is 1. The topological polar surface area (TPSA) is 86.7 Å². The summed E-state index contributed by atoms with van der Waals surface area (Å²) < 4.78 is 23.3. The number of carboxylic acid groups (broad SMARTS) is 1. The Bertz CT molecular complexity index is 479. The van der Waals surface area contributed by atoms with Crippen molar-refractivity contribution in [2.45, 2.75) is 50.2 Å². The van der Waals surface area contributed by atoms with E-state index in [9.17, 15) is 18.3 Å². The van der Waals surface area contributed by atoms with Gasteiger partial charge >= 0.3 is 5.97 Å². The Hall–Kier alpha value is -0.660. The molecule has 3 atom stereocenters. The lowest BCUT2D eigenvalue weighted by molar-refractivity contribution is -0.147. The van der Waals surface area contributed by atoms with Gasteiger partial charge in [-0.1, -0.05) is 0 Å². The third kappa shape index (κ3) is 2.99. The molecule has 0 spiro atoms. The summed E-state index contributed by atoms with van der Waals surface area (Å²) in [6.45, 7) is 2.45. The largest absolute Gasteiger partial charge is 0.480 e. The molecule has 3 unspecified atom stereocenters. The minimum Gasteiger partial charge on any atom is -0.480 e. The quantitative estimate of drug-likeness (QED) is 0.768. The van der Waals surface area contributed by atoms with Crippen LogP contribution in [-0.2, 0) is 14.6 Å². The molecule has 0 aromatic carbocycles. The second kappa shape index (κ2) is 5.61. The van der Waals surface area contributed by atoms with Crippen molar-refractivity contribution >= 4 is 15.8 Å². The molecule has 1 saturated heterocycles. The van der Waals surface area contributed by atoms with Crippen LogP contribution in [-0.4, -0.2) is 67.1 Å². The number of carboxylic acids is 1. The molecule has 1 aliphatic carbocycles. The zero-order valence-electron chi connectivity index (χ0n) is 12.1. The van der Waals surface area contributed by atoms with Crippen molar-refractivity contribution in [2.24, 2.45) is 0 Å². The predicted octanol–water partition coefficient (Wildman–Crippen LogP) is 0.0907. The summed E-state index contributed by atoms with van der Waals surface area (Å²) in [5.41, 5.74) is -0.862. The van der Waals surface area contributed by atoms with E-state index in [1.165, 1.54) is 0 Å². The highest BCUT2D eigenvalue weighted by atomic mass is 32.2. The first-order valence-corrected chi connectivity index (χ1v) is 9.00. The van der Waals surface area contributed by atoms with Gasteiger partial charge in [0.2, 0.25) is 0 Å². The van der Waals surface area contributed by atoms with Crippen LogP contribution in [0.4, 0.5) is 0 Å². The van der Waals surface area contributed by atoms with E-state index in [1.54, 1.807) is 7.05 Å². The summed E-state index contributed by atoms with van der Waals surface area (Å²) in [6.07, 6.45) is 2.98. The van der Waals surface area contributed by atoms with Gasteiger partial charge in [-0.2, -0.15) is 0 Å². The van der Waals surface area contributed by atoms with Crippen molar-refractivity contribution in [3.05, 3.63) is 0 Å². The van der Waals surface area contributed by atoms with Gasteiger partial charge < -0.3 is 10.4 Å². The molecule has 1 aliphatic heterocycles. The normalized spacial score (nSPS) is 38.5. The monoisotopic (exact) mass is 304 g/mol. The summed E-state index contributed by atoms with van der Waals surface area (Å²) in [5.74, 6) is -0.432. The molecule has 0 aromatic heterocycles. The van der Waals surface area contributed by atoms with Gasteiger partial charge in [0.1, 0.15) is 5.54 Å². The van der Waals surface area contributed by atoms with Gasteiger partial charge in [0, 0.05) is 18.6 Å². The number of nitrogens with zero attached hydrogens (tertiary/aromatic N) is 1. The van der Waals surface area contributed by atoms with Gasteiger partial charge in [0.05, 0.1) is 11.5 Å². The molecule has 1 heterocycles. The fourth-order valence-corrected chi connectivity index (χ4v) is 5.19. The van der Waals surface area contributed by atoms with Gasteiger partial charge in [-0.3, -0.25) is 9.69 Å². The highest BCUT2D eigenvalue weighted by Gasteiger charge is 2.45. The lowest BCUT2D eigenvalue weighted by Gasteiger charge is -2.45. The van der Waals surface area contributed by atoms with Crippen molar-refractivity contribution in [1.29, 1.82) is 0 Å². The molecule has 1 saturated carbocycles. The lowest BCUT2D eigenvalue weighted by atomic mass is 9.78.